The van der Waals surface area contributed by atoms with Crippen LogP contribution in [0.25, 0.3) is 0 Å². The molecule has 1 amide bonds. The molecular weight excluding hydrogens is 348 g/mol. The molecule has 1 aliphatic heterocycles. The van der Waals surface area contributed by atoms with Crippen molar-refractivity contribution in [3.05, 3.63) is 29.3 Å². The maximum atomic E-state index is 13.1. The highest BCUT2D eigenvalue weighted by atomic mass is 32.2. The van der Waals surface area contributed by atoms with Gasteiger partial charge in [0.15, 0.2) is 0 Å². The van der Waals surface area contributed by atoms with Crippen LogP contribution < -0.4 is 0 Å². The SMILES string of the molecule is CCN(CC(C)C)C(=O)c1cc(S(=O)(=O)N2CCCCC2C)ccc1C. The molecule has 1 aromatic carbocycles. The molecule has 26 heavy (non-hydrogen) atoms. The minimum Gasteiger partial charge on any atom is -0.339 e. The topological polar surface area (TPSA) is 57.7 Å². The molecule has 0 aromatic heterocycles. The molecule has 1 aliphatic rings. The van der Waals surface area contributed by atoms with Gasteiger partial charge in [0.05, 0.1) is 4.90 Å². The van der Waals surface area contributed by atoms with E-state index in [4.69, 9.17) is 0 Å². The first-order valence-corrected chi connectivity index (χ1v) is 11.0. The van der Waals surface area contributed by atoms with Crippen molar-refractivity contribution in [1.82, 2.24) is 9.21 Å². The normalized spacial score (nSPS) is 18.9. The van der Waals surface area contributed by atoms with Crippen LogP contribution in [0.5, 0.6) is 0 Å². The minimum atomic E-state index is -3.58. The summed E-state index contributed by atoms with van der Waals surface area (Å²) in [6.45, 7) is 11.7. The van der Waals surface area contributed by atoms with Gasteiger partial charge in [-0.25, -0.2) is 8.42 Å². The van der Waals surface area contributed by atoms with E-state index in [9.17, 15) is 13.2 Å². The van der Waals surface area contributed by atoms with Crippen molar-refractivity contribution in [1.29, 1.82) is 0 Å². The summed E-state index contributed by atoms with van der Waals surface area (Å²) in [5.74, 6) is 0.266. The highest BCUT2D eigenvalue weighted by Gasteiger charge is 2.31. The number of hydrogen-bond donors (Lipinski definition) is 0. The van der Waals surface area contributed by atoms with Crippen LogP contribution in [0.4, 0.5) is 0 Å². The van der Waals surface area contributed by atoms with Crippen LogP contribution in [-0.2, 0) is 10.0 Å². The van der Waals surface area contributed by atoms with E-state index in [1.807, 2.05) is 20.8 Å². The molecule has 5 nitrogen and oxygen atoms in total. The first-order valence-electron chi connectivity index (χ1n) is 9.60. The van der Waals surface area contributed by atoms with E-state index in [-0.39, 0.29) is 16.8 Å². The zero-order chi connectivity index (χ0) is 19.5. The Bertz CT molecular complexity index is 743. The second kappa shape index (κ2) is 8.53. The lowest BCUT2D eigenvalue weighted by Crippen LogP contribution is -2.42. The molecule has 1 atom stereocenters. The number of rotatable bonds is 6. The second-order valence-electron chi connectivity index (χ2n) is 7.67. The molecule has 1 fully saturated rings. The number of piperidine rings is 1. The quantitative estimate of drug-likeness (QED) is 0.756. The van der Waals surface area contributed by atoms with E-state index in [1.165, 1.54) is 0 Å². The molecule has 1 unspecified atom stereocenters. The van der Waals surface area contributed by atoms with Crippen molar-refractivity contribution in [2.24, 2.45) is 5.92 Å². The van der Waals surface area contributed by atoms with E-state index in [0.717, 1.165) is 24.8 Å². The van der Waals surface area contributed by atoms with Crippen LogP contribution in [0, 0.1) is 12.8 Å². The highest BCUT2D eigenvalue weighted by molar-refractivity contribution is 7.89. The summed E-state index contributed by atoms with van der Waals surface area (Å²) in [7, 11) is -3.58. The molecule has 0 radical (unpaired) electrons. The summed E-state index contributed by atoms with van der Waals surface area (Å²) >= 11 is 0. The molecule has 0 saturated carbocycles. The summed E-state index contributed by atoms with van der Waals surface area (Å²) in [4.78, 5) is 15.0. The van der Waals surface area contributed by atoms with Gasteiger partial charge < -0.3 is 4.90 Å². The molecule has 2 rings (SSSR count). The smallest absolute Gasteiger partial charge is 0.254 e. The second-order valence-corrected chi connectivity index (χ2v) is 9.57. The van der Waals surface area contributed by atoms with Gasteiger partial charge in [0.1, 0.15) is 0 Å². The van der Waals surface area contributed by atoms with Gasteiger partial charge in [-0.05, 0) is 57.2 Å². The monoisotopic (exact) mass is 380 g/mol. The third kappa shape index (κ3) is 4.46. The van der Waals surface area contributed by atoms with Crippen LogP contribution in [0.3, 0.4) is 0 Å². The Kier molecular flexibility index (Phi) is 6.86. The lowest BCUT2D eigenvalue weighted by molar-refractivity contribution is 0.0745. The Balaban J connectivity index is 2.38. The van der Waals surface area contributed by atoms with Crippen LogP contribution in [0.1, 0.15) is 62.9 Å². The predicted molar refractivity (Wildman–Crippen MR) is 105 cm³/mol. The summed E-state index contributed by atoms with van der Waals surface area (Å²) < 4.78 is 27.8. The Morgan fingerprint density at radius 1 is 1.31 bits per heavy atom. The van der Waals surface area contributed by atoms with Gasteiger partial charge >= 0.3 is 0 Å². The molecule has 0 spiro atoms. The van der Waals surface area contributed by atoms with Crippen LogP contribution in [-0.4, -0.2) is 49.2 Å². The average molecular weight is 381 g/mol. The molecule has 0 aliphatic carbocycles. The lowest BCUT2D eigenvalue weighted by Gasteiger charge is -2.32. The Hall–Kier alpha value is -1.40. The molecule has 1 saturated heterocycles. The molecule has 0 N–H and O–H groups in total. The van der Waals surface area contributed by atoms with Gasteiger partial charge in [-0.15, -0.1) is 0 Å². The fourth-order valence-corrected chi connectivity index (χ4v) is 5.25. The molecule has 6 heteroatoms. The van der Waals surface area contributed by atoms with Crippen molar-refractivity contribution in [2.45, 2.75) is 64.8 Å². The first kappa shape index (κ1) is 20.9. The van der Waals surface area contributed by atoms with Crippen molar-refractivity contribution in [3.8, 4) is 0 Å². The van der Waals surface area contributed by atoms with Crippen LogP contribution >= 0.6 is 0 Å². The van der Waals surface area contributed by atoms with Gasteiger partial charge in [0, 0.05) is 31.2 Å². The number of carbonyl (C=O) groups excluding carboxylic acids is 1. The Labute approximate surface area is 158 Å². The number of nitrogens with zero attached hydrogens (tertiary/aromatic N) is 2. The van der Waals surface area contributed by atoms with E-state index in [2.05, 4.69) is 13.8 Å². The maximum Gasteiger partial charge on any atom is 0.254 e. The molecular formula is C20H32N2O3S. The minimum absolute atomic E-state index is 0.00212. The molecule has 1 aromatic rings. The maximum absolute atomic E-state index is 13.1. The number of benzene rings is 1. The fourth-order valence-electron chi connectivity index (χ4n) is 3.52. The summed E-state index contributed by atoms with van der Waals surface area (Å²) in [5, 5.41) is 0. The number of carbonyl (C=O) groups is 1. The Morgan fingerprint density at radius 3 is 2.58 bits per heavy atom. The number of aryl methyl sites for hydroxylation is 1. The predicted octanol–water partition coefficient (Wildman–Crippen LogP) is 3.68. The van der Waals surface area contributed by atoms with E-state index >= 15 is 0 Å². The zero-order valence-corrected chi connectivity index (χ0v) is 17.5. The number of hydrogen-bond acceptors (Lipinski definition) is 3. The van der Waals surface area contributed by atoms with Gasteiger partial charge in [0.2, 0.25) is 10.0 Å². The molecule has 1 heterocycles. The summed E-state index contributed by atoms with van der Waals surface area (Å²) in [6.07, 6.45) is 2.83. The third-order valence-corrected chi connectivity index (χ3v) is 7.05. The van der Waals surface area contributed by atoms with Crippen molar-refractivity contribution < 1.29 is 13.2 Å². The van der Waals surface area contributed by atoms with E-state index in [0.29, 0.717) is 31.1 Å². The lowest BCUT2D eigenvalue weighted by atomic mass is 10.1. The van der Waals surface area contributed by atoms with E-state index < -0.39 is 10.0 Å². The third-order valence-electron chi connectivity index (χ3n) is 5.04. The van der Waals surface area contributed by atoms with Gasteiger partial charge in [0.25, 0.3) is 5.91 Å². The molecule has 146 valence electrons. The fraction of sp³-hybridized carbons (Fsp3) is 0.650. The van der Waals surface area contributed by atoms with Gasteiger partial charge in [-0.2, -0.15) is 4.31 Å². The van der Waals surface area contributed by atoms with Crippen molar-refractivity contribution in [2.75, 3.05) is 19.6 Å². The number of amides is 1. The van der Waals surface area contributed by atoms with Crippen molar-refractivity contribution >= 4 is 15.9 Å². The highest BCUT2D eigenvalue weighted by Crippen LogP contribution is 2.27. The number of sulfonamides is 1. The standard InChI is InChI=1S/C20H32N2O3S/c1-6-21(14-15(2)3)20(23)19-13-18(11-10-16(19)4)26(24,25)22-12-8-7-9-17(22)5/h10-11,13,15,17H,6-9,12,14H2,1-5H3. The van der Waals surface area contributed by atoms with Crippen LogP contribution in [0.2, 0.25) is 0 Å². The molecule has 0 bridgehead atoms. The summed E-state index contributed by atoms with van der Waals surface area (Å²) in [5.41, 5.74) is 1.29. The average Bonchev–Trinajstić information content (AvgIpc) is 2.59. The van der Waals surface area contributed by atoms with Gasteiger partial charge in [-0.3, -0.25) is 4.79 Å². The van der Waals surface area contributed by atoms with Crippen molar-refractivity contribution in [3.63, 3.8) is 0 Å². The first-order chi connectivity index (χ1) is 12.2. The largest absolute Gasteiger partial charge is 0.339 e. The van der Waals surface area contributed by atoms with Crippen LogP contribution in [0.15, 0.2) is 23.1 Å². The summed E-state index contributed by atoms with van der Waals surface area (Å²) in [6, 6.07) is 4.94. The Morgan fingerprint density at radius 2 is 2.00 bits per heavy atom. The zero-order valence-electron chi connectivity index (χ0n) is 16.7. The van der Waals surface area contributed by atoms with Gasteiger partial charge in [-0.1, -0.05) is 26.3 Å². The van der Waals surface area contributed by atoms with E-state index in [1.54, 1.807) is 27.4 Å².